The Kier molecular flexibility index (Phi) is 3.06. The second-order valence-corrected chi connectivity index (χ2v) is 2.84. The standard InChI is InChI=1S/C3H9NO4S/c1-2-3-4(5)9(6,7)8/h5H,2-3H2,1H3,(H,6,7,8). The van der Waals surface area contributed by atoms with Gasteiger partial charge in [-0.3, -0.25) is 9.76 Å². The van der Waals surface area contributed by atoms with E-state index in [1.54, 1.807) is 6.92 Å². The highest BCUT2D eigenvalue weighted by Crippen LogP contribution is 1.91. The molecular formula is C3H9NO4S. The number of hydrogen-bond donors (Lipinski definition) is 2. The van der Waals surface area contributed by atoms with Gasteiger partial charge in [-0.1, -0.05) is 11.4 Å². The molecule has 0 radical (unpaired) electrons. The molecule has 0 rings (SSSR count). The van der Waals surface area contributed by atoms with Gasteiger partial charge >= 0.3 is 10.3 Å². The van der Waals surface area contributed by atoms with E-state index in [0.29, 0.717) is 6.42 Å². The van der Waals surface area contributed by atoms with Gasteiger partial charge in [-0.25, -0.2) is 0 Å². The maximum absolute atomic E-state index is 9.95. The van der Waals surface area contributed by atoms with Crippen molar-refractivity contribution in [1.29, 1.82) is 0 Å². The van der Waals surface area contributed by atoms with E-state index in [9.17, 15) is 8.42 Å². The molecule has 0 aromatic rings. The van der Waals surface area contributed by atoms with Crippen molar-refractivity contribution in [3.05, 3.63) is 0 Å². The number of rotatable bonds is 3. The molecule has 5 nitrogen and oxygen atoms in total. The molecule has 0 saturated carbocycles. The van der Waals surface area contributed by atoms with Gasteiger partial charge in [0.1, 0.15) is 0 Å². The van der Waals surface area contributed by atoms with Crippen LogP contribution in [0.4, 0.5) is 0 Å². The van der Waals surface area contributed by atoms with E-state index in [2.05, 4.69) is 0 Å². The summed E-state index contributed by atoms with van der Waals surface area (Å²) in [7, 11) is -4.38. The van der Waals surface area contributed by atoms with Crippen LogP contribution in [-0.2, 0) is 10.3 Å². The molecular weight excluding hydrogens is 146 g/mol. The van der Waals surface area contributed by atoms with Gasteiger partial charge in [0.15, 0.2) is 0 Å². The summed E-state index contributed by atoms with van der Waals surface area (Å²) >= 11 is 0. The van der Waals surface area contributed by atoms with Crippen molar-refractivity contribution in [3.8, 4) is 0 Å². The molecule has 9 heavy (non-hydrogen) atoms. The van der Waals surface area contributed by atoms with Crippen LogP contribution in [0, 0.1) is 0 Å². The Morgan fingerprint density at radius 3 is 2.11 bits per heavy atom. The van der Waals surface area contributed by atoms with Gasteiger partial charge in [0.2, 0.25) is 0 Å². The summed E-state index contributed by atoms with van der Waals surface area (Å²) in [6, 6.07) is 0. The van der Waals surface area contributed by atoms with Crippen LogP contribution in [0.15, 0.2) is 0 Å². The molecule has 6 heteroatoms. The molecule has 2 N–H and O–H groups in total. The fraction of sp³-hybridized carbons (Fsp3) is 1.00. The third-order valence-electron chi connectivity index (χ3n) is 0.681. The van der Waals surface area contributed by atoms with Crippen LogP contribution < -0.4 is 0 Å². The van der Waals surface area contributed by atoms with Crippen molar-refractivity contribution in [3.63, 3.8) is 0 Å². The fourth-order valence-electron chi connectivity index (χ4n) is 0.307. The first kappa shape index (κ1) is 8.83. The van der Waals surface area contributed by atoms with Crippen molar-refractivity contribution in [2.75, 3.05) is 6.54 Å². The van der Waals surface area contributed by atoms with Gasteiger partial charge in [-0.2, -0.15) is 8.42 Å². The monoisotopic (exact) mass is 155 g/mol. The van der Waals surface area contributed by atoms with Gasteiger partial charge in [0.25, 0.3) is 0 Å². The van der Waals surface area contributed by atoms with E-state index in [1.165, 1.54) is 0 Å². The molecule has 0 spiro atoms. The van der Waals surface area contributed by atoms with Crippen LogP contribution in [0.1, 0.15) is 13.3 Å². The minimum atomic E-state index is -4.38. The third kappa shape index (κ3) is 3.41. The quantitative estimate of drug-likeness (QED) is 0.440. The molecule has 0 unspecified atom stereocenters. The van der Waals surface area contributed by atoms with Crippen molar-refractivity contribution >= 4 is 10.3 Å². The maximum atomic E-state index is 9.95. The van der Waals surface area contributed by atoms with Crippen LogP contribution in [0.5, 0.6) is 0 Å². The highest BCUT2D eigenvalue weighted by molar-refractivity contribution is 7.83. The minimum Gasteiger partial charge on any atom is -0.298 e. The predicted octanol–water partition coefficient (Wildman–Crippen LogP) is -0.110. The molecule has 0 aliphatic carbocycles. The lowest BCUT2D eigenvalue weighted by Crippen LogP contribution is -2.27. The second-order valence-electron chi connectivity index (χ2n) is 1.52. The van der Waals surface area contributed by atoms with Gasteiger partial charge in [0, 0.05) is 6.54 Å². The lowest BCUT2D eigenvalue weighted by molar-refractivity contribution is -0.00633. The first-order valence-corrected chi connectivity index (χ1v) is 3.82. The molecule has 0 saturated heterocycles. The average Bonchev–Trinajstić information content (AvgIpc) is 1.64. The summed E-state index contributed by atoms with van der Waals surface area (Å²) in [5.74, 6) is 0. The Bertz CT molecular complexity index is 163. The summed E-state index contributed by atoms with van der Waals surface area (Å²) in [5.41, 5.74) is 0. The van der Waals surface area contributed by atoms with Crippen molar-refractivity contribution in [1.82, 2.24) is 4.47 Å². The zero-order valence-corrected chi connectivity index (χ0v) is 5.80. The molecule has 0 heterocycles. The predicted molar refractivity (Wildman–Crippen MR) is 30.3 cm³/mol. The molecule has 0 atom stereocenters. The van der Waals surface area contributed by atoms with E-state index >= 15 is 0 Å². The molecule has 0 amide bonds. The number of nitrogens with zero attached hydrogens (tertiary/aromatic N) is 1. The van der Waals surface area contributed by atoms with Crippen LogP contribution in [-0.4, -0.2) is 29.2 Å². The third-order valence-corrected chi connectivity index (χ3v) is 1.40. The Balaban J connectivity index is 3.90. The zero-order chi connectivity index (χ0) is 7.49. The van der Waals surface area contributed by atoms with Crippen molar-refractivity contribution in [2.24, 2.45) is 0 Å². The molecule has 0 aromatic carbocycles. The fourth-order valence-corrected chi connectivity index (χ4v) is 0.720. The van der Waals surface area contributed by atoms with Crippen LogP contribution >= 0.6 is 0 Å². The SMILES string of the molecule is CCCN(O)S(=O)(=O)O. The first-order valence-electron chi connectivity index (χ1n) is 2.42. The summed E-state index contributed by atoms with van der Waals surface area (Å²) < 4.78 is 27.9. The van der Waals surface area contributed by atoms with Gasteiger partial charge in [-0.05, 0) is 6.42 Å². The Hall–Kier alpha value is -0.170. The Labute approximate surface area is 53.7 Å². The average molecular weight is 155 g/mol. The largest absolute Gasteiger partial charge is 0.358 e. The van der Waals surface area contributed by atoms with Crippen LogP contribution in [0.25, 0.3) is 0 Å². The van der Waals surface area contributed by atoms with Gasteiger partial charge in [0.05, 0.1) is 0 Å². The van der Waals surface area contributed by atoms with E-state index < -0.39 is 10.3 Å². The maximum Gasteiger partial charge on any atom is 0.358 e. The highest BCUT2D eigenvalue weighted by atomic mass is 32.2. The van der Waals surface area contributed by atoms with Crippen molar-refractivity contribution < 1.29 is 18.2 Å². The topological polar surface area (TPSA) is 77.8 Å². The van der Waals surface area contributed by atoms with Crippen LogP contribution in [0.2, 0.25) is 0 Å². The van der Waals surface area contributed by atoms with E-state index in [-0.39, 0.29) is 11.0 Å². The number of hydroxylamine groups is 1. The first-order chi connectivity index (χ1) is 3.98. The Morgan fingerprint density at radius 1 is 1.56 bits per heavy atom. The summed E-state index contributed by atoms with van der Waals surface area (Å²) in [4.78, 5) is 0. The molecule has 0 aliphatic rings. The summed E-state index contributed by atoms with van der Waals surface area (Å²) in [6.07, 6.45) is 0.455. The van der Waals surface area contributed by atoms with Gasteiger partial charge < -0.3 is 0 Å². The van der Waals surface area contributed by atoms with E-state index in [4.69, 9.17) is 9.76 Å². The number of hydrogen-bond acceptors (Lipinski definition) is 3. The highest BCUT2D eigenvalue weighted by Gasteiger charge is 2.12. The normalized spacial score (nSPS) is 12.4. The summed E-state index contributed by atoms with van der Waals surface area (Å²) in [6.45, 7) is 1.59. The van der Waals surface area contributed by atoms with Crippen molar-refractivity contribution in [2.45, 2.75) is 13.3 Å². The van der Waals surface area contributed by atoms with Crippen LogP contribution in [0.3, 0.4) is 0 Å². The van der Waals surface area contributed by atoms with E-state index in [1.807, 2.05) is 0 Å². The lowest BCUT2D eigenvalue weighted by Gasteiger charge is -2.06. The second kappa shape index (κ2) is 3.11. The Morgan fingerprint density at radius 2 is 2.00 bits per heavy atom. The smallest absolute Gasteiger partial charge is 0.298 e. The molecule has 0 aromatic heterocycles. The molecule has 0 fully saturated rings. The molecule has 0 aliphatic heterocycles. The van der Waals surface area contributed by atoms with Gasteiger partial charge in [-0.15, -0.1) is 0 Å². The zero-order valence-electron chi connectivity index (χ0n) is 4.98. The summed E-state index contributed by atoms with van der Waals surface area (Å²) in [5, 5.41) is 8.38. The minimum absolute atomic E-state index is 0.0845. The molecule has 56 valence electrons. The lowest BCUT2D eigenvalue weighted by atomic mass is 10.5. The van der Waals surface area contributed by atoms with E-state index in [0.717, 1.165) is 0 Å². The molecule has 0 bridgehead atoms.